The van der Waals surface area contributed by atoms with Crippen LogP contribution >= 0.6 is 23.2 Å². The third-order valence-corrected chi connectivity index (χ3v) is 16.8. The molecule has 8 nitrogen and oxygen atoms in total. The molecule has 0 saturated carbocycles. The molecule has 0 unspecified atom stereocenters. The van der Waals surface area contributed by atoms with Crippen LogP contribution in [-0.2, 0) is 30.5 Å². The van der Waals surface area contributed by atoms with Crippen LogP contribution in [0.3, 0.4) is 0 Å². The Kier molecular flexibility index (Phi) is 12.4. The van der Waals surface area contributed by atoms with Crippen LogP contribution in [0, 0.1) is 0 Å². The Labute approximate surface area is 468 Å². The number of pyridine rings is 1. The number of aromatic amines is 1. The Morgan fingerprint density at radius 1 is 0.650 bits per heavy atom. The number of aromatic nitrogens is 2. The molecule has 0 bridgehead atoms. The SMILES string of the molecule is O=C(CCCc1ccc(-n2c(=O)c3ccc4oc5ccc(-c6ccccc6)cc5c5ccc(c2=O)c3c45)cc1)Oc1cc(Cl)c(/C(=C2\C=C3CCCc4ccccc4C3=[N+]2B(F)F)c2cc3c([nH]2)-c2ccccc2CCC3)c(Cl)c1. The fourth-order valence-corrected chi connectivity index (χ4v) is 13.2. The van der Waals surface area contributed by atoms with Crippen molar-refractivity contribution in [2.24, 2.45) is 0 Å². The molecule has 3 aromatic heterocycles. The molecule has 390 valence electrons. The summed E-state index contributed by atoms with van der Waals surface area (Å²) in [6, 6.07) is 51.7. The number of rotatable bonds is 10. The number of H-pyrrole nitrogens is 1. The van der Waals surface area contributed by atoms with Crippen LogP contribution in [0.4, 0.5) is 8.63 Å². The molecule has 0 spiro atoms. The van der Waals surface area contributed by atoms with Crippen LogP contribution in [0.1, 0.15) is 71.2 Å². The number of nitrogens with zero attached hydrogens (tertiary/aromatic N) is 2. The van der Waals surface area contributed by atoms with Gasteiger partial charge >= 0.3 is 13.4 Å². The number of hydrogen-bond donors (Lipinski definition) is 1. The summed E-state index contributed by atoms with van der Waals surface area (Å²) in [6.45, 7) is 0. The number of nitrogens with one attached hydrogen (secondary N) is 1. The molecule has 1 N–H and O–H groups in total. The molecule has 4 heterocycles. The predicted molar refractivity (Wildman–Crippen MR) is 316 cm³/mol. The van der Waals surface area contributed by atoms with Crippen molar-refractivity contribution < 1.29 is 27.1 Å². The molecule has 11 aromatic rings. The third kappa shape index (κ3) is 8.41. The van der Waals surface area contributed by atoms with Gasteiger partial charge in [-0.2, -0.15) is 0 Å². The molecule has 8 aromatic carbocycles. The maximum atomic E-state index is 15.9. The zero-order valence-electron chi connectivity index (χ0n) is 43.1. The highest BCUT2D eigenvalue weighted by atomic mass is 35.5. The van der Waals surface area contributed by atoms with Gasteiger partial charge in [-0.15, -0.1) is 0 Å². The van der Waals surface area contributed by atoms with E-state index in [1.54, 1.807) is 30.3 Å². The minimum absolute atomic E-state index is 0.0518. The van der Waals surface area contributed by atoms with Crippen molar-refractivity contribution in [2.75, 3.05) is 0 Å². The fourth-order valence-electron chi connectivity index (χ4n) is 12.6. The highest BCUT2D eigenvalue weighted by molar-refractivity contribution is 6.39. The van der Waals surface area contributed by atoms with Crippen LogP contribution < -0.4 is 15.9 Å². The first-order chi connectivity index (χ1) is 39.1. The zero-order chi connectivity index (χ0) is 54.3. The second-order valence-electron chi connectivity index (χ2n) is 20.9. The summed E-state index contributed by atoms with van der Waals surface area (Å²) < 4.78 is 46.3. The third-order valence-electron chi connectivity index (χ3n) is 16.2. The largest absolute Gasteiger partial charge is 0.935 e. The van der Waals surface area contributed by atoms with Gasteiger partial charge < -0.3 is 14.1 Å². The standard InChI is InChI=1S/C67H46BCl2F2N3O5/c69-53-36-46(37-54(70)62(53)63(55-34-43-18-9-16-40-14-4-6-20-47(40)64(43)73-55)56-35-44-19-10-17-41-15-5-7-21-48(41)65(44)75(56)68(71)72)79-59(76)22-8-11-38-23-26-45(27-24-38)74-66(77)50-29-28-49-52-33-42(39-12-2-1-3-13-39)25-31-57(52)80-58-32-30-51(67(74)78)60(50)61(49)58/h1-7,12-15,20-21,23-37H,8-11,16-19,22H2/p+1. The summed E-state index contributed by atoms with van der Waals surface area (Å²) in [6.07, 6.45) is 7.66. The van der Waals surface area contributed by atoms with Gasteiger partial charge in [-0.05, 0) is 145 Å². The van der Waals surface area contributed by atoms with Crippen LogP contribution in [0.2, 0.25) is 10.0 Å². The van der Waals surface area contributed by atoms with Crippen LogP contribution in [-0.4, -0.2) is 33.1 Å². The Balaban J connectivity index is 0.730. The Morgan fingerprint density at radius 2 is 1.30 bits per heavy atom. The average molecular weight is 1090 g/mol. The molecule has 14 rings (SSSR count). The van der Waals surface area contributed by atoms with E-state index in [4.69, 9.17) is 32.4 Å². The normalized spacial score (nSPS) is 14.7. The molecule has 2 aliphatic carbocycles. The van der Waals surface area contributed by atoms with Crippen LogP contribution in [0.25, 0.3) is 77.1 Å². The van der Waals surface area contributed by atoms with E-state index in [1.807, 2.05) is 97.1 Å². The topological polar surface area (TPSA) is 97.3 Å². The Bertz CT molecular complexity index is 4560. The lowest BCUT2D eigenvalue weighted by molar-refractivity contribution is -0.340. The Morgan fingerprint density at radius 3 is 2.05 bits per heavy atom. The van der Waals surface area contributed by atoms with Gasteiger partial charge in [-0.1, -0.05) is 120 Å². The molecular formula is C67H47BCl2F2N3O5+. The molecule has 0 radical (unpaired) electrons. The number of allylic oxidation sites excluding steroid dienone is 2. The van der Waals surface area contributed by atoms with Crippen molar-refractivity contribution in [1.29, 1.82) is 0 Å². The summed E-state index contributed by atoms with van der Waals surface area (Å²) >= 11 is 14.5. The van der Waals surface area contributed by atoms with Crippen LogP contribution in [0.15, 0.2) is 195 Å². The Hall–Kier alpha value is -8.64. The number of halogens is 4. The number of fused-ring (bicyclic) bond motifs is 8. The van der Waals surface area contributed by atoms with E-state index in [1.165, 1.54) is 22.3 Å². The van der Waals surface area contributed by atoms with Crippen molar-refractivity contribution in [3.8, 4) is 33.8 Å². The number of benzene rings is 8. The van der Waals surface area contributed by atoms with E-state index in [-0.39, 0.29) is 27.9 Å². The van der Waals surface area contributed by atoms with Gasteiger partial charge in [0.15, 0.2) is 11.4 Å². The van der Waals surface area contributed by atoms with Gasteiger partial charge in [0.1, 0.15) is 16.9 Å². The van der Waals surface area contributed by atoms with E-state index in [0.29, 0.717) is 74.8 Å². The molecule has 80 heavy (non-hydrogen) atoms. The highest BCUT2D eigenvalue weighted by Gasteiger charge is 2.48. The van der Waals surface area contributed by atoms with E-state index in [0.717, 1.165) is 103 Å². The first-order valence-corrected chi connectivity index (χ1v) is 27.8. The van der Waals surface area contributed by atoms with Crippen molar-refractivity contribution in [1.82, 2.24) is 9.55 Å². The molecule has 0 atom stereocenters. The van der Waals surface area contributed by atoms with Crippen molar-refractivity contribution in [3.63, 3.8) is 0 Å². The summed E-state index contributed by atoms with van der Waals surface area (Å²) in [5.41, 5.74) is 12.8. The maximum Gasteiger partial charge on any atom is 0.935 e. The minimum atomic E-state index is -2.90. The zero-order valence-corrected chi connectivity index (χ0v) is 44.6. The number of carbonyl (C=O) groups excluding carboxylic acids is 1. The van der Waals surface area contributed by atoms with Crippen molar-refractivity contribution in [2.45, 2.75) is 57.8 Å². The maximum absolute atomic E-state index is 15.9. The molecular weight excluding hydrogens is 1050 g/mol. The van der Waals surface area contributed by atoms with Gasteiger partial charge in [0.25, 0.3) is 11.1 Å². The monoisotopic (exact) mass is 1090 g/mol. The van der Waals surface area contributed by atoms with Crippen LogP contribution in [0.5, 0.6) is 5.75 Å². The van der Waals surface area contributed by atoms with Crippen molar-refractivity contribution in [3.05, 3.63) is 251 Å². The van der Waals surface area contributed by atoms with Gasteiger partial charge in [-0.3, -0.25) is 14.4 Å². The fraction of sp³-hybridized carbons (Fsp3) is 0.134. The van der Waals surface area contributed by atoms with E-state index in [9.17, 15) is 14.4 Å². The molecule has 0 amide bonds. The molecule has 0 fully saturated rings. The minimum Gasteiger partial charge on any atom is -0.456 e. The summed E-state index contributed by atoms with van der Waals surface area (Å²) in [7, 11) is -2.90. The molecule has 0 saturated heterocycles. The summed E-state index contributed by atoms with van der Waals surface area (Å²) in [4.78, 5) is 45.8. The lowest BCUT2D eigenvalue weighted by Crippen LogP contribution is -2.31. The lowest BCUT2D eigenvalue weighted by atomic mass is 9.95. The quantitative estimate of drug-likeness (QED) is 0.0484. The second kappa shape index (κ2) is 19.9. The smallest absolute Gasteiger partial charge is 0.456 e. The van der Waals surface area contributed by atoms with E-state index in [2.05, 4.69) is 35.3 Å². The number of hydrogen-bond acceptors (Lipinski definition) is 5. The van der Waals surface area contributed by atoms with E-state index >= 15 is 8.63 Å². The van der Waals surface area contributed by atoms with E-state index < -0.39 is 24.5 Å². The van der Waals surface area contributed by atoms with Gasteiger partial charge in [0, 0.05) is 79.5 Å². The van der Waals surface area contributed by atoms with Gasteiger partial charge in [0.2, 0.25) is 0 Å². The first-order valence-electron chi connectivity index (χ1n) is 27.0. The number of ether oxygens (including phenoxy) is 1. The number of carbonyl (C=O) groups is 1. The van der Waals surface area contributed by atoms with Crippen molar-refractivity contribution >= 4 is 91.3 Å². The number of aryl methyl sites for hydroxylation is 4. The molecule has 1 aliphatic heterocycles. The second-order valence-corrected chi connectivity index (χ2v) is 21.7. The number of esters is 1. The summed E-state index contributed by atoms with van der Waals surface area (Å²) in [5, 5.41) is 4.16. The average Bonchev–Trinajstić information content (AvgIpc) is 4.01. The lowest BCUT2D eigenvalue weighted by Gasteiger charge is -2.15. The molecule has 13 heteroatoms. The first kappa shape index (κ1) is 49.6. The summed E-state index contributed by atoms with van der Waals surface area (Å²) in [5.74, 6) is -0.393. The highest BCUT2D eigenvalue weighted by Crippen LogP contribution is 2.46. The van der Waals surface area contributed by atoms with Gasteiger partial charge in [0.05, 0.1) is 27.0 Å². The predicted octanol–water partition coefficient (Wildman–Crippen LogP) is 15.7. The van der Waals surface area contributed by atoms with Gasteiger partial charge in [-0.25, -0.2) is 17.7 Å². The molecule has 3 aliphatic rings.